The molecule has 122 valence electrons. The van der Waals surface area contributed by atoms with E-state index in [0.717, 1.165) is 48.4 Å². The van der Waals surface area contributed by atoms with Crippen molar-refractivity contribution in [3.8, 4) is 16.9 Å². The van der Waals surface area contributed by atoms with Gasteiger partial charge in [-0.25, -0.2) is 4.68 Å². The highest BCUT2D eigenvalue weighted by Gasteiger charge is 2.25. The number of hydrogen-bond donors (Lipinski definition) is 1. The van der Waals surface area contributed by atoms with Crippen molar-refractivity contribution in [2.75, 3.05) is 11.9 Å². The van der Waals surface area contributed by atoms with Crippen LogP contribution in [0.25, 0.3) is 16.9 Å². The first-order valence-electron chi connectivity index (χ1n) is 7.88. The molecule has 1 aromatic carbocycles. The quantitative estimate of drug-likeness (QED) is 0.571. The molecule has 24 heavy (non-hydrogen) atoms. The number of benzene rings is 1. The van der Waals surface area contributed by atoms with Crippen LogP contribution >= 0.6 is 11.3 Å². The average Bonchev–Trinajstić information content (AvgIpc) is 3.17. The van der Waals surface area contributed by atoms with Crippen LogP contribution in [0.5, 0.6) is 0 Å². The molecule has 4 rings (SSSR count). The molecule has 0 radical (unpaired) electrons. The second kappa shape index (κ2) is 6.09. The molecule has 1 N–H and O–H groups in total. The van der Waals surface area contributed by atoms with E-state index >= 15 is 0 Å². The number of nitrogens with one attached hydrogen (secondary N) is 1. The Morgan fingerprint density at radius 1 is 1.25 bits per heavy atom. The third-order valence-corrected chi connectivity index (χ3v) is 4.91. The molecule has 2 aromatic heterocycles. The molecular formula is C17H16N4O2S. The Morgan fingerprint density at radius 3 is 2.92 bits per heavy atom. The first kappa shape index (κ1) is 14.9. The zero-order chi connectivity index (χ0) is 16.5. The monoisotopic (exact) mass is 340 g/mol. The summed E-state index contributed by atoms with van der Waals surface area (Å²) >= 11 is 1.63. The number of aromatic nitrogens is 2. The highest BCUT2D eigenvalue weighted by atomic mass is 32.1. The summed E-state index contributed by atoms with van der Waals surface area (Å²) in [5.74, 6) is 0.878. The fraction of sp³-hybridized carbons (Fsp3) is 0.235. The van der Waals surface area contributed by atoms with Gasteiger partial charge >= 0.3 is 0 Å². The minimum Gasteiger partial charge on any atom is -0.370 e. The fourth-order valence-corrected chi connectivity index (χ4v) is 3.75. The largest absolute Gasteiger partial charge is 0.370 e. The van der Waals surface area contributed by atoms with Crippen molar-refractivity contribution < 1.29 is 4.92 Å². The summed E-state index contributed by atoms with van der Waals surface area (Å²) in [6, 6.07) is 8.79. The highest BCUT2D eigenvalue weighted by Crippen LogP contribution is 2.36. The molecule has 0 aliphatic carbocycles. The van der Waals surface area contributed by atoms with Crippen LogP contribution in [0.2, 0.25) is 0 Å². The molecule has 0 spiro atoms. The van der Waals surface area contributed by atoms with Gasteiger partial charge in [0.2, 0.25) is 0 Å². The first-order valence-corrected chi connectivity index (χ1v) is 8.82. The third kappa shape index (κ3) is 2.46. The lowest BCUT2D eigenvalue weighted by Crippen LogP contribution is -2.08. The number of thiophene rings is 1. The van der Waals surface area contributed by atoms with Gasteiger partial charge in [0.15, 0.2) is 0 Å². The number of fused-ring (bicyclic) bond motifs is 1. The summed E-state index contributed by atoms with van der Waals surface area (Å²) in [7, 11) is 0. The Kier molecular flexibility index (Phi) is 3.78. The third-order valence-electron chi connectivity index (χ3n) is 4.23. The van der Waals surface area contributed by atoms with Crippen LogP contribution in [-0.2, 0) is 6.42 Å². The zero-order valence-electron chi connectivity index (χ0n) is 12.9. The van der Waals surface area contributed by atoms with Gasteiger partial charge in [-0.1, -0.05) is 12.1 Å². The number of para-hydroxylation sites is 2. The molecule has 3 heterocycles. The Bertz CT molecular complexity index is 886. The van der Waals surface area contributed by atoms with Crippen LogP contribution in [0.3, 0.4) is 0 Å². The van der Waals surface area contributed by atoms with Crippen molar-refractivity contribution in [3.63, 3.8) is 0 Å². The van der Waals surface area contributed by atoms with Crippen LogP contribution in [0.15, 0.2) is 41.1 Å². The molecule has 0 saturated carbocycles. The van der Waals surface area contributed by atoms with E-state index in [2.05, 4.69) is 10.7 Å². The maximum absolute atomic E-state index is 11.4. The highest BCUT2D eigenvalue weighted by molar-refractivity contribution is 7.08. The van der Waals surface area contributed by atoms with E-state index in [1.807, 2.05) is 11.4 Å². The standard InChI is InChI=1S/C17H16N4O2S/c22-21(23)15-7-2-1-6-14(15)20-17-13(5-3-4-9-18-17)16(19-20)12-8-10-24-11-12/h1-2,6-8,10-11,18H,3-5,9H2. The molecule has 0 unspecified atom stereocenters. The minimum atomic E-state index is -0.357. The van der Waals surface area contributed by atoms with Crippen LogP contribution in [0.1, 0.15) is 18.4 Å². The Morgan fingerprint density at radius 2 is 2.12 bits per heavy atom. The SMILES string of the molecule is O=[N+]([O-])c1ccccc1-n1nc(-c2ccsc2)c2c1NCCCC2. The summed E-state index contributed by atoms with van der Waals surface area (Å²) in [5, 5.41) is 23.7. The van der Waals surface area contributed by atoms with Gasteiger partial charge in [0, 0.05) is 29.1 Å². The van der Waals surface area contributed by atoms with E-state index in [-0.39, 0.29) is 10.6 Å². The summed E-state index contributed by atoms with van der Waals surface area (Å²) in [4.78, 5) is 11.1. The summed E-state index contributed by atoms with van der Waals surface area (Å²) in [6.45, 7) is 0.850. The number of rotatable bonds is 3. The molecule has 0 saturated heterocycles. The van der Waals surface area contributed by atoms with Crippen molar-refractivity contribution in [1.82, 2.24) is 9.78 Å². The molecule has 0 fully saturated rings. The lowest BCUT2D eigenvalue weighted by Gasteiger charge is -2.09. The van der Waals surface area contributed by atoms with E-state index < -0.39 is 0 Å². The van der Waals surface area contributed by atoms with Crippen molar-refractivity contribution in [2.24, 2.45) is 0 Å². The minimum absolute atomic E-state index is 0.0608. The number of nitro groups is 1. The maximum Gasteiger partial charge on any atom is 0.294 e. The van der Waals surface area contributed by atoms with Gasteiger partial charge in [-0.3, -0.25) is 10.1 Å². The van der Waals surface area contributed by atoms with Crippen LogP contribution in [0, 0.1) is 10.1 Å². The number of nitro benzene ring substituents is 1. The molecule has 1 aliphatic rings. The predicted octanol–water partition coefficient (Wildman–Crippen LogP) is 4.26. The van der Waals surface area contributed by atoms with Crippen molar-refractivity contribution >= 4 is 22.8 Å². The van der Waals surface area contributed by atoms with Crippen LogP contribution in [0.4, 0.5) is 11.5 Å². The van der Waals surface area contributed by atoms with Gasteiger partial charge < -0.3 is 5.32 Å². The van der Waals surface area contributed by atoms with Gasteiger partial charge in [-0.2, -0.15) is 16.4 Å². The van der Waals surface area contributed by atoms with Crippen LogP contribution < -0.4 is 5.32 Å². The first-order chi connectivity index (χ1) is 11.8. The van der Waals surface area contributed by atoms with E-state index in [9.17, 15) is 10.1 Å². The normalized spacial score (nSPS) is 13.8. The molecule has 6 nitrogen and oxygen atoms in total. The summed E-state index contributed by atoms with van der Waals surface area (Å²) in [6.07, 6.45) is 3.09. The van der Waals surface area contributed by atoms with Crippen LogP contribution in [-0.4, -0.2) is 21.2 Å². The Labute approximate surface area is 142 Å². The Hall–Kier alpha value is -2.67. The number of nitrogens with zero attached hydrogens (tertiary/aromatic N) is 3. The predicted molar refractivity (Wildman–Crippen MR) is 95.0 cm³/mol. The molecule has 0 atom stereocenters. The summed E-state index contributed by atoms with van der Waals surface area (Å²) in [5.41, 5.74) is 3.68. The molecule has 0 bridgehead atoms. The second-order valence-electron chi connectivity index (χ2n) is 5.73. The van der Waals surface area contributed by atoms with Gasteiger partial charge in [0.05, 0.1) is 10.6 Å². The van der Waals surface area contributed by atoms with Gasteiger partial charge in [0.1, 0.15) is 11.5 Å². The molecule has 3 aromatic rings. The number of hydrogen-bond acceptors (Lipinski definition) is 5. The van der Waals surface area contributed by atoms with Crippen molar-refractivity contribution in [1.29, 1.82) is 0 Å². The second-order valence-corrected chi connectivity index (χ2v) is 6.51. The maximum atomic E-state index is 11.4. The fourth-order valence-electron chi connectivity index (χ4n) is 3.11. The molecular weight excluding hydrogens is 324 g/mol. The summed E-state index contributed by atoms with van der Waals surface area (Å²) < 4.78 is 1.70. The zero-order valence-corrected chi connectivity index (χ0v) is 13.8. The smallest absolute Gasteiger partial charge is 0.294 e. The topological polar surface area (TPSA) is 73.0 Å². The van der Waals surface area contributed by atoms with Gasteiger partial charge in [0.25, 0.3) is 5.69 Å². The van der Waals surface area contributed by atoms with Crippen molar-refractivity contribution in [3.05, 3.63) is 56.8 Å². The lowest BCUT2D eigenvalue weighted by molar-refractivity contribution is -0.384. The van der Waals surface area contributed by atoms with E-state index in [1.165, 1.54) is 6.07 Å². The van der Waals surface area contributed by atoms with E-state index in [4.69, 9.17) is 5.10 Å². The average molecular weight is 340 g/mol. The van der Waals surface area contributed by atoms with Gasteiger partial charge in [-0.15, -0.1) is 0 Å². The molecule has 0 amide bonds. The molecule has 1 aliphatic heterocycles. The lowest BCUT2D eigenvalue weighted by atomic mass is 10.1. The Balaban J connectivity index is 1.95. The molecule has 7 heteroatoms. The van der Waals surface area contributed by atoms with Gasteiger partial charge in [-0.05, 0) is 36.8 Å². The van der Waals surface area contributed by atoms with E-state index in [0.29, 0.717) is 5.69 Å². The van der Waals surface area contributed by atoms with E-state index in [1.54, 1.807) is 34.2 Å². The van der Waals surface area contributed by atoms with Crippen molar-refractivity contribution in [2.45, 2.75) is 19.3 Å². The number of anilines is 1.